The number of likely N-dealkylation sites (tertiary alicyclic amines) is 1. The summed E-state index contributed by atoms with van der Waals surface area (Å²) < 4.78 is 13.7. The van der Waals surface area contributed by atoms with Crippen molar-refractivity contribution in [2.45, 2.75) is 64.4 Å². The van der Waals surface area contributed by atoms with E-state index in [0.717, 1.165) is 57.4 Å². The van der Waals surface area contributed by atoms with E-state index in [4.69, 9.17) is 0 Å². The Bertz CT molecular complexity index is 862. The van der Waals surface area contributed by atoms with Gasteiger partial charge in [-0.1, -0.05) is 57.0 Å². The van der Waals surface area contributed by atoms with E-state index in [2.05, 4.69) is 22.3 Å². The summed E-state index contributed by atoms with van der Waals surface area (Å²) in [5.41, 5.74) is 2.61. The molecule has 174 valence electrons. The maximum absolute atomic E-state index is 13.7. The van der Waals surface area contributed by atoms with Gasteiger partial charge in [0.25, 0.3) is 0 Å². The molecule has 1 aliphatic rings. The number of aliphatic hydroxyl groups is 1. The van der Waals surface area contributed by atoms with Gasteiger partial charge in [0.1, 0.15) is 5.82 Å². The molecule has 3 rings (SSSR count). The minimum atomic E-state index is -0.715. The molecule has 0 spiro atoms. The van der Waals surface area contributed by atoms with E-state index >= 15 is 0 Å². The summed E-state index contributed by atoms with van der Waals surface area (Å²) in [5, 5.41) is 13.2. The lowest BCUT2D eigenvalue weighted by molar-refractivity contribution is -0.118. The normalized spacial score (nSPS) is 16.3. The van der Waals surface area contributed by atoms with Crippen LogP contribution in [0.25, 0.3) is 0 Å². The van der Waals surface area contributed by atoms with Crippen molar-refractivity contribution in [1.82, 2.24) is 4.90 Å². The molecule has 1 atom stereocenters. The molecule has 2 aromatic carbocycles. The smallest absolute Gasteiger partial charge is 0.226 e. The number of anilines is 1. The van der Waals surface area contributed by atoms with Crippen LogP contribution in [0.4, 0.5) is 10.1 Å². The molecule has 2 N–H and O–H groups in total. The van der Waals surface area contributed by atoms with Crippen LogP contribution < -0.4 is 5.32 Å². The van der Waals surface area contributed by atoms with Crippen molar-refractivity contribution in [2.24, 2.45) is 5.92 Å². The summed E-state index contributed by atoms with van der Waals surface area (Å²) in [6.07, 6.45) is 5.20. The van der Waals surface area contributed by atoms with E-state index in [1.807, 2.05) is 26.0 Å². The molecule has 1 fully saturated rings. The van der Waals surface area contributed by atoms with Crippen LogP contribution in [0.1, 0.15) is 75.5 Å². The fourth-order valence-corrected chi connectivity index (χ4v) is 4.40. The first-order chi connectivity index (χ1) is 15.4. The van der Waals surface area contributed by atoms with Crippen LogP contribution in [-0.2, 0) is 4.79 Å². The van der Waals surface area contributed by atoms with Crippen LogP contribution in [0.15, 0.2) is 48.5 Å². The number of carbonyl (C=O) groups is 1. The highest BCUT2D eigenvalue weighted by atomic mass is 19.1. The number of benzene rings is 2. The standard InChI is InChI=1S/C27H37FN2O2/c1-20(2)27(32)29-23-10-8-9-22(19-23)21-14-17-30(18-15-21)16-7-3-4-13-26(31)24-11-5-6-12-25(24)28/h5-6,8-12,19-21,26,31H,3-4,7,13-18H2,1-2H3,(H,29,32). The third kappa shape index (κ3) is 7.14. The maximum Gasteiger partial charge on any atom is 0.226 e. The fourth-order valence-electron chi connectivity index (χ4n) is 4.40. The number of amides is 1. The number of nitrogens with zero attached hydrogens (tertiary/aromatic N) is 1. The minimum absolute atomic E-state index is 0.0235. The summed E-state index contributed by atoms with van der Waals surface area (Å²) in [5.74, 6) is 0.247. The lowest BCUT2D eigenvalue weighted by Crippen LogP contribution is -2.33. The third-order valence-electron chi connectivity index (χ3n) is 6.45. The number of hydrogen-bond donors (Lipinski definition) is 2. The van der Waals surface area contributed by atoms with Crippen molar-refractivity contribution < 1.29 is 14.3 Å². The van der Waals surface area contributed by atoms with Gasteiger partial charge < -0.3 is 15.3 Å². The lowest BCUT2D eigenvalue weighted by atomic mass is 9.89. The second-order valence-corrected chi connectivity index (χ2v) is 9.27. The number of piperidine rings is 1. The van der Waals surface area contributed by atoms with Gasteiger partial charge in [-0.2, -0.15) is 0 Å². The quantitative estimate of drug-likeness (QED) is 0.453. The molecule has 0 saturated carbocycles. The van der Waals surface area contributed by atoms with Gasteiger partial charge in [-0.15, -0.1) is 0 Å². The van der Waals surface area contributed by atoms with E-state index in [-0.39, 0.29) is 17.6 Å². The Morgan fingerprint density at radius 2 is 1.84 bits per heavy atom. The minimum Gasteiger partial charge on any atom is -0.388 e. The molecule has 1 heterocycles. The van der Waals surface area contributed by atoms with Crippen LogP contribution >= 0.6 is 0 Å². The van der Waals surface area contributed by atoms with Crippen molar-refractivity contribution >= 4 is 11.6 Å². The molecule has 32 heavy (non-hydrogen) atoms. The molecule has 0 aromatic heterocycles. The number of rotatable bonds is 10. The van der Waals surface area contributed by atoms with Crippen molar-refractivity contribution in [3.8, 4) is 0 Å². The van der Waals surface area contributed by atoms with E-state index < -0.39 is 6.10 Å². The zero-order valence-corrected chi connectivity index (χ0v) is 19.4. The summed E-state index contributed by atoms with van der Waals surface area (Å²) in [7, 11) is 0. The summed E-state index contributed by atoms with van der Waals surface area (Å²) >= 11 is 0. The van der Waals surface area contributed by atoms with Crippen molar-refractivity contribution in [1.29, 1.82) is 0 Å². The van der Waals surface area contributed by atoms with Crippen LogP contribution in [-0.4, -0.2) is 35.5 Å². The number of unbranched alkanes of at least 4 members (excludes halogenated alkanes) is 2. The molecule has 0 bridgehead atoms. The van der Waals surface area contributed by atoms with Gasteiger partial charge in [-0.3, -0.25) is 4.79 Å². The number of nitrogens with one attached hydrogen (secondary N) is 1. The Labute approximate surface area is 191 Å². The van der Waals surface area contributed by atoms with E-state index in [0.29, 0.717) is 17.9 Å². The first-order valence-electron chi connectivity index (χ1n) is 12.0. The van der Waals surface area contributed by atoms with Gasteiger partial charge >= 0.3 is 0 Å². The molecule has 5 heteroatoms. The van der Waals surface area contributed by atoms with Crippen molar-refractivity contribution in [3.05, 3.63) is 65.5 Å². The molecule has 1 aliphatic heterocycles. The molecular formula is C27H37FN2O2. The molecule has 2 aromatic rings. The molecule has 0 radical (unpaired) electrons. The maximum atomic E-state index is 13.7. The molecule has 1 unspecified atom stereocenters. The van der Waals surface area contributed by atoms with Crippen LogP contribution in [0.2, 0.25) is 0 Å². The van der Waals surface area contributed by atoms with Gasteiger partial charge in [0.2, 0.25) is 5.91 Å². The summed E-state index contributed by atoms with van der Waals surface area (Å²) in [6, 6.07) is 14.8. The number of halogens is 1. The van der Waals surface area contributed by atoms with Gasteiger partial charge in [0, 0.05) is 17.2 Å². The second-order valence-electron chi connectivity index (χ2n) is 9.27. The highest BCUT2D eigenvalue weighted by Gasteiger charge is 2.21. The number of aliphatic hydroxyl groups excluding tert-OH is 1. The highest BCUT2D eigenvalue weighted by Crippen LogP contribution is 2.30. The highest BCUT2D eigenvalue weighted by molar-refractivity contribution is 5.92. The Morgan fingerprint density at radius 3 is 2.56 bits per heavy atom. The van der Waals surface area contributed by atoms with Crippen LogP contribution in [0.5, 0.6) is 0 Å². The average molecular weight is 441 g/mol. The Kier molecular flexibility index (Phi) is 9.24. The first kappa shape index (κ1) is 24.4. The van der Waals surface area contributed by atoms with Crippen molar-refractivity contribution in [2.75, 3.05) is 25.0 Å². The average Bonchev–Trinajstić information content (AvgIpc) is 2.79. The summed E-state index contributed by atoms with van der Waals surface area (Å²) in [4.78, 5) is 14.5. The lowest BCUT2D eigenvalue weighted by Gasteiger charge is -2.32. The molecule has 1 saturated heterocycles. The van der Waals surface area contributed by atoms with Gasteiger partial charge in [-0.05, 0) is 75.0 Å². The SMILES string of the molecule is CC(C)C(=O)Nc1cccc(C2CCN(CCCCCC(O)c3ccccc3F)CC2)c1. The molecule has 1 amide bonds. The number of carbonyl (C=O) groups excluding carboxylic acids is 1. The Hall–Kier alpha value is -2.24. The van der Waals surface area contributed by atoms with Gasteiger partial charge in [0.15, 0.2) is 0 Å². The van der Waals surface area contributed by atoms with E-state index in [1.54, 1.807) is 18.2 Å². The topological polar surface area (TPSA) is 52.6 Å². The van der Waals surface area contributed by atoms with E-state index in [9.17, 15) is 14.3 Å². The molecule has 0 aliphatic carbocycles. The first-order valence-corrected chi connectivity index (χ1v) is 12.0. The van der Waals surface area contributed by atoms with Crippen LogP contribution in [0, 0.1) is 11.7 Å². The Morgan fingerprint density at radius 1 is 1.09 bits per heavy atom. The molecule has 4 nitrogen and oxygen atoms in total. The predicted molar refractivity (Wildman–Crippen MR) is 128 cm³/mol. The third-order valence-corrected chi connectivity index (χ3v) is 6.45. The van der Waals surface area contributed by atoms with Gasteiger partial charge in [-0.25, -0.2) is 4.39 Å². The molecular weight excluding hydrogens is 403 g/mol. The van der Waals surface area contributed by atoms with Crippen molar-refractivity contribution in [3.63, 3.8) is 0 Å². The van der Waals surface area contributed by atoms with Crippen LogP contribution in [0.3, 0.4) is 0 Å². The van der Waals surface area contributed by atoms with E-state index in [1.165, 1.54) is 11.6 Å². The zero-order valence-electron chi connectivity index (χ0n) is 19.4. The zero-order chi connectivity index (χ0) is 22.9. The largest absolute Gasteiger partial charge is 0.388 e. The monoisotopic (exact) mass is 440 g/mol. The number of hydrogen-bond acceptors (Lipinski definition) is 3. The summed E-state index contributed by atoms with van der Waals surface area (Å²) in [6.45, 7) is 7.06. The van der Waals surface area contributed by atoms with Gasteiger partial charge in [0.05, 0.1) is 6.10 Å². The Balaban J connectivity index is 1.35. The second kappa shape index (κ2) is 12.1. The fraction of sp³-hybridized carbons (Fsp3) is 0.519. The predicted octanol–water partition coefficient (Wildman–Crippen LogP) is 5.89.